The number of pyridine rings is 1. The van der Waals surface area contributed by atoms with Gasteiger partial charge in [-0.1, -0.05) is 6.07 Å². The van der Waals surface area contributed by atoms with E-state index in [1.54, 1.807) is 23.9 Å². The fourth-order valence-electron chi connectivity index (χ4n) is 1.69. The van der Waals surface area contributed by atoms with Gasteiger partial charge in [-0.25, -0.2) is 4.79 Å². The molecule has 0 saturated heterocycles. The Morgan fingerprint density at radius 3 is 2.89 bits per heavy atom. The van der Waals surface area contributed by atoms with Crippen LogP contribution >= 0.6 is 0 Å². The lowest BCUT2D eigenvalue weighted by molar-refractivity contribution is 0.0456. The summed E-state index contributed by atoms with van der Waals surface area (Å²) in [6, 6.07) is 7.18. The highest BCUT2D eigenvalue weighted by Crippen LogP contribution is 2.11. The topological polar surface area (TPSA) is 70.1 Å². The van der Waals surface area contributed by atoms with Gasteiger partial charge in [0.05, 0.1) is 11.4 Å². The molecule has 0 fully saturated rings. The van der Waals surface area contributed by atoms with E-state index in [4.69, 9.17) is 10.5 Å². The van der Waals surface area contributed by atoms with E-state index in [9.17, 15) is 4.79 Å². The van der Waals surface area contributed by atoms with Crippen LogP contribution in [0.25, 0.3) is 0 Å². The second-order valence-corrected chi connectivity index (χ2v) is 4.12. The van der Waals surface area contributed by atoms with Crippen molar-refractivity contribution in [2.75, 3.05) is 5.73 Å². The van der Waals surface area contributed by atoms with Gasteiger partial charge in [0, 0.05) is 18.9 Å². The van der Waals surface area contributed by atoms with Crippen molar-refractivity contribution in [3.05, 3.63) is 47.5 Å². The molecule has 0 spiro atoms. The summed E-state index contributed by atoms with van der Waals surface area (Å²) >= 11 is 0. The predicted octanol–water partition coefficient (Wildman–Crippen LogP) is 1.67. The van der Waals surface area contributed by atoms with Gasteiger partial charge in [-0.3, -0.25) is 4.98 Å². The van der Waals surface area contributed by atoms with E-state index in [-0.39, 0.29) is 6.61 Å². The molecule has 5 heteroatoms. The van der Waals surface area contributed by atoms with Crippen LogP contribution in [0.1, 0.15) is 21.9 Å². The van der Waals surface area contributed by atoms with E-state index in [0.717, 1.165) is 11.4 Å². The SMILES string of the molecule is Cc1cccc(COC(=O)c2cc(N)cn2C)n1. The number of nitrogens with zero attached hydrogens (tertiary/aromatic N) is 2. The predicted molar refractivity (Wildman–Crippen MR) is 67.9 cm³/mol. The number of rotatable bonds is 3. The lowest BCUT2D eigenvalue weighted by atomic mass is 10.3. The summed E-state index contributed by atoms with van der Waals surface area (Å²) < 4.78 is 6.83. The molecule has 2 N–H and O–H groups in total. The number of aryl methyl sites for hydroxylation is 2. The average Bonchev–Trinajstić information content (AvgIpc) is 2.66. The molecule has 18 heavy (non-hydrogen) atoms. The van der Waals surface area contributed by atoms with Crippen LogP contribution in [0.5, 0.6) is 0 Å². The van der Waals surface area contributed by atoms with E-state index < -0.39 is 5.97 Å². The van der Waals surface area contributed by atoms with Gasteiger partial charge in [-0.05, 0) is 25.1 Å². The minimum atomic E-state index is -0.405. The molecule has 0 aliphatic rings. The Morgan fingerprint density at radius 2 is 2.28 bits per heavy atom. The zero-order valence-corrected chi connectivity index (χ0v) is 10.4. The number of carbonyl (C=O) groups excluding carboxylic acids is 1. The van der Waals surface area contributed by atoms with Crippen LogP contribution in [0, 0.1) is 6.92 Å². The van der Waals surface area contributed by atoms with Gasteiger partial charge >= 0.3 is 5.97 Å². The molecule has 0 aliphatic carbocycles. The molecule has 0 unspecified atom stereocenters. The van der Waals surface area contributed by atoms with Crippen molar-refractivity contribution in [2.24, 2.45) is 7.05 Å². The number of hydrogen-bond donors (Lipinski definition) is 1. The maximum absolute atomic E-state index is 11.8. The highest BCUT2D eigenvalue weighted by atomic mass is 16.5. The first-order chi connectivity index (χ1) is 8.56. The third-order valence-electron chi connectivity index (χ3n) is 2.53. The monoisotopic (exact) mass is 245 g/mol. The largest absolute Gasteiger partial charge is 0.455 e. The lowest BCUT2D eigenvalue weighted by Crippen LogP contribution is -2.10. The number of hydrogen-bond acceptors (Lipinski definition) is 4. The van der Waals surface area contributed by atoms with E-state index in [2.05, 4.69) is 4.98 Å². The Morgan fingerprint density at radius 1 is 1.50 bits per heavy atom. The minimum absolute atomic E-state index is 0.158. The maximum Gasteiger partial charge on any atom is 0.355 e. The van der Waals surface area contributed by atoms with Crippen molar-refractivity contribution < 1.29 is 9.53 Å². The van der Waals surface area contributed by atoms with Crippen LogP contribution in [0.2, 0.25) is 0 Å². The zero-order chi connectivity index (χ0) is 13.1. The molecule has 2 aromatic rings. The van der Waals surface area contributed by atoms with Crippen molar-refractivity contribution in [3.63, 3.8) is 0 Å². The van der Waals surface area contributed by atoms with Crippen LogP contribution in [0.3, 0.4) is 0 Å². The molecule has 2 heterocycles. The molecule has 0 aromatic carbocycles. The highest BCUT2D eigenvalue weighted by molar-refractivity contribution is 5.89. The lowest BCUT2D eigenvalue weighted by Gasteiger charge is -2.05. The average molecular weight is 245 g/mol. The van der Waals surface area contributed by atoms with Gasteiger partial charge in [0.2, 0.25) is 0 Å². The summed E-state index contributed by atoms with van der Waals surface area (Å²) in [5.74, 6) is -0.405. The van der Waals surface area contributed by atoms with E-state index >= 15 is 0 Å². The first kappa shape index (κ1) is 12.2. The van der Waals surface area contributed by atoms with Crippen molar-refractivity contribution in [1.29, 1.82) is 0 Å². The Labute approximate surface area is 105 Å². The van der Waals surface area contributed by atoms with E-state index in [1.165, 1.54) is 0 Å². The number of esters is 1. The standard InChI is InChI=1S/C13H15N3O2/c1-9-4-3-5-11(15-9)8-18-13(17)12-6-10(14)7-16(12)2/h3-7H,8,14H2,1-2H3. The van der Waals surface area contributed by atoms with Gasteiger partial charge in [0.15, 0.2) is 0 Å². The quantitative estimate of drug-likeness (QED) is 0.835. The maximum atomic E-state index is 11.8. The van der Waals surface area contributed by atoms with Gasteiger partial charge in [-0.15, -0.1) is 0 Å². The van der Waals surface area contributed by atoms with Crippen molar-refractivity contribution in [2.45, 2.75) is 13.5 Å². The van der Waals surface area contributed by atoms with Crippen molar-refractivity contribution in [3.8, 4) is 0 Å². The second-order valence-electron chi connectivity index (χ2n) is 4.12. The molecule has 0 radical (unpaired) electrons. The minimum Gasteiger partial charge on any atom is -0.455 e. The fourth-order valence-corrected chi connectivity index (χ4v) is 1.69. The molecule has 0 aliphatic heterocycles. The Kier molecular flexibility index (Phi) is 3.32. The summed E-state index contributed by atoms with van der Waals surface area (Å²) in [5.41, 5.74) is 8.20. The Balaban J connectivity index is 2.03. The molecule has 0 atom stereocenters. The Hall–Kier alpha value is -2.30. The molecular weight excluding hydrogens is 230 g/mol. The summed E-state index contributed by atoms with van der Waals surface area (Å²) in [6.45, 7) is 2.05. The van der Waals surface area contributed by atoms with Gasteiger partial charge in [0.25, 0.3) is 0 Å². The first-order valence-corrected chi connectivity index (χ1v) is 5.58. The number of nitrogens with two attached hydrogens (primary N) is 1. The molecule has 0 saturated carbocycles. The first-order valence-electron chi connectivity index (χ1n) is 5.58. The Bertz CT molecular complexity index is 575. The van der Waals surface area contributed by atoms with Crippen molar-refractivity contribution in [1.82, 2.24) is 9.55 Å². The number of anilines is 1. The summed E-state index contributed by atoms with van der Waals surface area (Å²) in [6.07, 6.45) is 1.67. The second kappa shape index (κ2) is 4.91. The zero-order valence-electron chi connectivity index (χ0n) is 10.4. The summed E-state index contributed by atoms with van der Waals surface area (Å²) in [5, 5.41) is 0. The molecular formula is C13H15N3O2. The third kappa shape index (κ3) is 2.68. The number of ether oxygens (including phenoxy) is 1. The number of nitrogen functional groups attached to an aromatic ring is 1. The van der Waals surface area contributed by atoms with Gasteiger partial charge < -0.3 is 15.0 Å². The summed E-state index contributed by atoms with van der Waals surface area (Å²) in [4.78, 5) is 16.1. The molecule has 0 bridgehead atoms. The number of aromatic nitrogens is 2. The van der Waals surface area contributed by atoms with E-state index in [1.807, 2.05) is 25.1 Å². The fraction of sp³-hybridized carbons (Fsp3) is 0.231. The smallest absolute Gasteiger partial charge is 0.355 e. The van der Waals surface area contributed by atoms with Crippen LogP contribution in [-0.4, -0.2) is 15.5 Å². The van der Waals surface area contributed by atoms with Crippen molar-refractivity contribution >= 4 is 11.7 Å². The van der Waals surface area contributed by atoms with Crippen LogP contribution in [0.15, 0.2) is 30.5 Å². The van der Waals surface area contributed by atoms with Crippen LogP contribution < -0.4 is 5.73 Å². The molecule has 94 valence electrons. The third-order valence-corrected chi connectivity index (χ3v) is 2.53. The van der Waals surface area contributed by atoms with Gasteiger partial charge in [0.1, 0.15) is 12.3 Å². The molecule has 2 aromatic heterocycles. The number of carbonyl (C=O) groups is 1. The molecule has 5 nitrogen and oxygen atoms in total. The molecule has 2 rings (SSSR count). The van der Waals surface area contributed by atoms with Crippen LogP contribution in [0.4, 0.5) is 5.69 Å². The van der Waals surface area contributed by atoms with E-state index in [0.29, 0.717) is 11.4 Å². The summed E-state index contributed by atoms with van der Waals surface area (Å²) in [7, 11) is 1.75. The van der Waals surface area contributed by atoms with Gasteiger partial charge in [-0.2, -0.15) is 0 Å². The normalized spacial score (nSPS) is 10.3. The highest BCUT2D eigenvalue weighted by Gasteiger charge is 2.12. The van der Waals surface area contributed by atoms with Crippen LogP contribution in [-0.2, 0) is 18.4 Å². The molecule has 0 amide bonds.